The van der Waals surface area contributed by atoms with Crippen molar-refractivity contribution in [3.63, 3.8) is 0 Å². The average Bonchev–Trinajstić information content (AvgIpc) is 2.67. The summed E-state index contributed by atoms with van der Waals surface area (Å²) in [7, 11) is 0. The maximum absolute atomic E-state index is 11.2. The predicted octanol–water partition coefficient (Wildman–Crippen LogP) is 3.64. The largest absolute Gasteiger partial charge is 0.369 e. The number of guanidine groups is 1. The van der Waals surface area contributed by atoms with E-state index in [9.17, 15) is 4.79 Å². The molecule has 164 valence electrons. The molecule has 4 N–H and O–H groups in total. The third kappa shape index (κ3) is 9.72. The number of primary amides is 1. The van der Waals surface area contributed by atoms with Gasteiger partial charge in [0.05, 0.1) is 6.54 Å². The molecule has 6 nitrogen and oxygen atoms in total. The van der Waals surface area contributed by atoms with Crippen molar-refractivity contribution in [2.75, 3.05) is 32.7 Å². The molecule has 1 amide bonds. The van der Waals surface area contributed by atoms with Crippen LogP contribution in [0.2, 0.25) is 10.0 Å². The second-order valence-corrected chi connectivity index (χ2v) is 7.93. The number of nitrogens with two attached hydrogens (primary N) is 1. The van der Waals surface area contributed by atoms with Gasteiger partial charge in [-0.2, -0.15) is 0 Å². The van der Waals surface area contributed by atoms with Gasteiger partial charge < -0.3 is 21.3 Å². The van der Waals surface area contributed by atoms with Crippen molar-refractivity contribution in [3.8, 4) is 0 Å². The van der Waals surface area contributed by atoms with Gasteiger partial charge in [0.15, 0.2) is 5.96 Å². The smallest absolute Gasteiger partial charge is 0.220 e. The van der Waals surface area contributed by atoms with Gasteiger partial charge in [-0.25, -0.2) is 4.99 Å². The minimum absolute atomic E-state index is 0. The molecule has 1 aliphatic rings. The van der Waals surface area contributed by atoms with Gasteiger partial charge in [-0.3, -0.25) is 4.79 Å². The maximum atomic E-state index is 11.2. The number of amides is 1. The van der Waals surface area contributed by atoms with Crippen molar-refractivity contribution in [2.24, 2.45) is 16.6 Å². The minimum atomic E-state index is -0.154. The first kappa shape index (κ1) is 26.3. The van der Waals surface area contributed by atoms with E-state index in [2.05, 4.69) is 20.5 Å². The molecule has 0 unspecified atom stereocenters. The summed E-state index contributed by atoms with van der Waals surface area (Å²) in [6.07, 6.45) is 3.94. The summed E-state index contributed by atoms with van der Waals surface area (Å²) < 4.78 is 0. The Morgan fingerprint density at radius 2 is 1.97 bits per heavy atom. The highest BCUT2D eigenvalue weighted by Gasteiger charge is 2.22. The van der Waals surface area contributed by atoms with E-state index in [1.54, 1.807) is 6.07 Å². The Hall–Kier alpha value is -0.770. The monoisotopic (exact) mass is 555 g/mol. The van der Waals surface area contributed by atoms with E-state index in [0.717, 1.165) is 69.9 Å². The number of nitrogens with one attached hydrogen (secondary N) is 2. The number of hydrogen-bond acceptors (Lipinski definition) is 3. The molecule has 1 aromatic carbocycles. The first-order valence-corrected chi connectivity index (χ1v) is 10.7. The van der Waals surface area contributed by atoms with Crippen molar-refractivity contribution in [1.29, 1.82) is 0 Å². The number of halogens is 3. The topological polar surface area (TPSA) is 82.8 Å². The molecule has 0 spiro atoms. The van der Waals surface area contributed by atoms with Crippen LogP contribution >= 0.6 is 47.2 Å². The van der Waals surface area contributed by atoms with Crippen LogP contribution in [0.5, 0.6) is 0 Å². The molecular formula is C20H32Cl2IN5O. The Labute approximate surface area is 201 Å². The van der Waals surface area contributed by atoms with Crippen LogP contribution in [-0.2, 0) is 11.3 Å². The lowest BCUT2D eigenvalue weighted by Gasteiger charge is -2.30. The SMILES string of the molecule is CCNC(=NCc1ccc(Cl)cc1Cl)NCCCCN1CCC(C(N)=O)CC1.I. The van der Waals surface area contributed by atoms with Gasteiger partial charge in [0.25, 0.3) is 0 Å². The van der Waals surface area contributed by atoms with E-state index < -0.39 is 0 Å². The van der Waals surface area contributed by atoms with Crippen LogP contribution in [0.1, 0.15) is 38.2 Å². The fraction of sp³-hybridized carbons (Fsp3) is 0.600. The summed E-state index contributed by atoms with van der Waals surface area (Å²) in [5, 5.41) is 7.88. The first-order valence-electron chi connectivity index (χ1n) is 9.97. The number of carbonyl (C=O) groups is 1. The number of nitrogens with zero attached hydrogens (tertiary/aromatic N) is 2. The first-order chi connectivity index (χ1) is 13.5. The van der Waals surface area contributed by atoms with E-state index >= 15 is 0 Å². The molecule has 0 aliphatic carbocycles. The van der Waals surface area contributed by atoms with Gasteiger partial charge in [-0.05, 0) is 69.9 Å². The minimum Gasteiger partial charge on any atom is -0.369 e. The molecular weight excluding hydrogens is 524 g/mol. The van der Waals surface area contributed by atoms with Gasteiger partial charge in [-0.15, -0.1) is 24.0 Å². The Morgan fingerprint density at radius 1 is 1.24 bits per heavy atom. The summed E-state index contributed by atoms with van der Waals surface area (Å²) in [4.78, 5) is 18.2. The Bertz CT molecular complexity index is 666. The lowest BCUT2D eigenvalue weighted by molar-refractivity contribution is -0.123. The van der Waals surface area contributed by atoms with E-state index in [4.69, 9.17) is 28.9 Å². The molecule has 1 aromatic rings. The van der Waals surface area contributed by atoms with Gasteiger partial charge in [0.2, 0.25) is 5.91 Å². The number of carbonyl (C=O) groups excluding carboxylic acids is 1. The molecule has 0 bridgehead atoms. The Morgan fingerprint density at radius 3 is 2.59 bits per heavy atom. The summed E-state index contributed by atoms with van der Waals surface area (Å²) in [5.41, 5.74) is 6.33. The van der Waals surface area contributed by atoms with Crippen LogP contribution < -0.4 is 16.4 Å². The standard InChI is InChI=1S/C20H31Cl2N5O.HI/c1-2-24-20(26-14-16-5-6-17(21)13-18(16)22)25-9-3-4-10-27-11-7-15(8-12-27)19(23)28;/h5-6,13,15H,2-4,7-12,14H2,1H3,(H2,23,28)(H2,24,25,26);1H. The summed E-state index contributed by atoms with van der Waals surface area (Å²) in [6, 6.07) is 5.46. The maximum Gasteiger partial charge on any atom is 0.220 e. The summed E-state index contributed by atoms with van der Waals surface area (Å²) in [6.45, 7) is 7.19. The van der Waals surface area contributed by atoms with Crippen LogP contribution in [0.4, 0.5) is 0 Å². The lowest BCUT2D eigenvalue weighted by Crippen LogP contribution is -2.39. The molecule has 2 rings (SSSR count). The number of rotatable bonds is 9. The van der Waals surface area contributed by atoms with Gasteiger partial charge in [0.1, 0.15) is 0 Å². The number of benzene rings is 1. The summed E-state index contributed by atoms with van der Waals surface area (Å²) >= 11 is 12.1. The van der Waals surface area contributed by atoms with Crippen LogP contribution in [0.25, 0.3) is 0 Å². The fourth-order valence-corrected chi connectivity index (χ4v) is 3.73. The molecule has 1 aliphatic heterocycles. The Balaban J connectivity index is 0.00000420. The van der Waals surface area contributed by atoms with Crippen LogP contribution in [0, 0.1) is 5.92 Å². The lowest BCUT2D eigenvalue weighted by atomic mass is 9.96. The number of hydrogen-bond donors (Lipinski definition) is 3. The normalized spacial score (nSPS) is 15.6. The van der Waals surface area contributed by atoms with Gasteiger partial charge >= 0.3 is 0 Å². The quantitative estimate of drug-likeness (QED) is 0.188. The average molecular weight is 556 g/mol. The van der Waals surface area contributed by atoms with E-state index in [-0.39, 0.29) is 35.8 Å². The van der Waals surface area contributed by atoms with Gasteiger partial charge in [0, 0.05) is 29.1 Å². The van der Waals surface area contributed by atoms with Gasteiger partial charge in [-0.1, -0.05) is 29.3 Å². The van der Waals surface area contributed by atoms with Crippen molar-refractivity contribution in [1.82, 2.24) is 15.5 Å². The fourth-order valence-electron chi connectivity index (χ4n) is 3.26. The van der Waals surface area contributed by atoms with E-state index in [1.165, 1.54) is 0 Å². The second-order valence-electron chi connectivity index (χ2n) is 7.08. The second kappa shape index (κ2) is 14.3. The van der Waals surface area contributed by atoms with E-state index in [1.807, 2.05) is 19.1 Å². The highest BCUT2D eigenvalue weighted by Crippen LogP contribution is 2.21. The zero-order valence-corrected chi connectivity index (χ0v) is 20.8. The zero-order chi connectivity index (χ0) is 20.4. The molecule has 29 heavy (non-hydrogen) atoms. The third-order valence-corrected chi connectivity index (χ3v) is 5.54. The molecule has 1 fully saturated rings. The Kier molecular flexibility index (Phi) is 12.9. The number of likely N-dealkylation sites (tertiary alicyclic amines) is 1. The number of aliphatic imine (C=N–C) groups is 1. The molecule has 0 radical (unpaired) electrons. The highest BCUT2D eigenvalue weighted by atomic mass is 127. The van der Waals surface area contributed by atoms with Crippen molar-refractivity contribution in [2.45, 2.75) is 39.2 Å². The van der Waals surface area contributed by atoms with Crippen LogP contribution in [0.15, 0.2) is 23.2 Å². The zero-order valence-electron chi connectivity index (χ0n) is 16.9. The van der Waals surface area contributed by atoms with Crippen molar-refractivity contribution < 1.29 is 4.79 Å². The predicted molar refractivity (Wildman–Crippen MR) is 132 cm³/mol. The van der Waals surface area contributed by atoms with Crippen molar-refractivity contribution in [3.05, 3.63) is 33.8 Å². The highest BCUT2D eigenvalue weighted by molar-refractivity contribution is 14.0. The summed E-state index contributed by atoms with van der Waals surface area (Å²) in [5.74, 6) is 0.695. The molecule has 0 atom stereocenters. The number of piperidine rings is 1. The van der Waals surface area contributed by atoms with E-state index in [0.29, 0.717) is 16.6 Å². The molecule has 0 saturated carbocycles. The third-order valence-electron chi connectivity index (χ3n) is 4.95. The van der Waals surface area contributed by atoms with Crippen molar-refractivity contribution >= 4 is 59.0 Å². The molecule has 0 aromatic heterocycles. The van der Waals surface area contributed by atoms with Crippen LogP contribution in [0.3, 0.4) is 0 Å². The molecule has 1 saturated heterocycles. The van der Waals surface area contributed by atoms with Crippen LogP contribution in [-0.4, -0.2) is 49.5 Å². The molecule has 1 heterocycles. The molecule has 9 heteroatoms. The number of unbranched alkanes of at least 4 members (excludes halogenated alkanes) is 1.